The van der Waals surface area contributed by atoms with Gasteiger partial charge in [0.05, 0.1) is 0 Å². The van der Waals surface area contributed by atoms with Gasteiger partial charge in [-0.2, -0.15) is 0 Å². The van der Waals surface area contributed by atoms with Gasteiger partial charge in [0.25, 0.3) is 0 Å². The Morgan fingerprint density at radius 3 is 1.88 bits per heavy atom. The van der Waals surface area contributed by atoms with Gasteiger partial charge in [-0.25, -0.2) is 4.79 Å². The lowest BCUT2D eigenvalue weighted by molar-refractivity contribution is -0.133. The number of hydrogen-bond acceptors (Lipinski definition) is 3. The molecule has 0 fully saturated rings. The highest BCUT2D eigenvalue weighted by molar-refractivity contribution is 6.01. The Balaban J connectivity index is 4.12. The van der Waals surface area contributed by atoms with Gasteiger partial charge in [0.15, 0.2) is 0 Å². The molecule has 3 N–H and O–H groups in total. The molecule has 0 radical (unpaired) electrons. The van der Waals surface area contributed by atoms with Crippen LogP contribution in [0.3, 0.4) is 0 Å². The van der Waals surface area contributed by atoms with E-state index in [1.54, 1.807) is 0 Å². The van der Waals surface area contributed by atoms with Crippen LogP contribution in [-0.4, -0.2) is 36.0 Å². The van der Waals surface area contributed by atoms with E-state index in [4.69, 9.17) is 5.11 Å². The van der Waals surface area contributed by atoms with Crippen LogP contribution in [0.5, 0.6) is 0 Å². The maximum Gasteiger partial charge on any atom is 0.331 e. The van der Waals surface area contributed by atoms with E-state index >= 15 is 0 Å². The number of carbonyl (C=O) groups excluding carboxylic acids is 2. The quantitative estimate of drug-likeness (QED) is 0.443. The molecule has 90 valence electrons. The number of nitrogens with one attached hydrogen (secondary N) is 2. The highest BCUT2D eigenvalue weighted by atomic mass is 16.4. The average Bonchev–Trinajstić information content (AvgIpc) is 2.21. The van der Waals surface area contributed by atoms with E-state index in [1.165, 1.54) is 20.8 Å². The summed E-state index contributed by atoms with van der Waals surface area (Å²) in [4.78, 5) is 32.5. The normalized spacial score (nSPS) is 11.4. The Morgan fingerprint density at radius 1 is 0.938 bits per heavy atom. The average molecular weight is 228 g/mol. The number of carboxylic acid groups (broad SMARTS) is 1. The molecule has 6 heteroatoms. The summed E-state index contributed by atoms with van der Waals surface area (Å²) in [5.74, 6) is -1.73. The lowest BCUT2D eigenvalue weighted by atomic mass is 10.1. The van der Waals surface area contributed by atoms with Crippen molar-refractivity contribution >= 4 is 17.8 Å². The summed E-state index contributed by atoms with van der Waals surface area (Å²) in [5, 5.41) is 13.7. The summed E-state index contributed by atoms with van der Waals surface area (Å²) < 4.78 is 0. The Hall–Kier alpha value is -1.85. The van der Waals surface area contributed by atoms with Crippen molar-refractivity contribution < 1.29 is 19.5 Å². The zero-order valence-electron chi connectivity index (χ0n) is 9.59. The van der Waals surface area contributed by atoms with E-state index in [0.29, 0.717) is 6.54 Å². The molecule has 0 aliphatic rings. The first-order valence-electron chi connectivity index (χ1n) is 4.79. The molecule has 0 atom stereocenters. The zero-order chi connectivity index (χ0) is 12.7. The number of aliphatic carboxylic acids is 1. The monoisotopic (exact) mass is 228 g/mol. The maximum absolute atomic E-state index is 11.4. The van der Waals surface area contributed by atoms with Crippen LogP contribution >= 0.6 is 0 Å². The third kappa shape index (κ3) is 5.14. The van der Waals surface area contributed by atoms with Gasteiger partial charge in [-0.05, 0) is 13.8 Å². The molecule has 0 saturated heterocycles. The molecule has 16 heavy (non-hydrogen) atoms. The fraction of sp³-hybridized carbons (Fsp3) is 0.500. The molecule has 0 aliphatic carbocycles. The number of carbonyl (C=O) groups is 3. The highest BCUT2D eigenvalue weighted by Gasteiger charge is 2.11. The van der Waals surface area contributed by atoms with Crippen LogP contribution in [-0.2, 0) is 14.4 Å². The zero-order valence-corrected chi connectivity index (χ0v) is 9.59. The minimum atomic E-state index is -1.12. The molecule has 0 saturated carbocycles. The Labute approximate surface area is 93.7 Å². The molecule has 0 aromatic rings. The Morgan fingerprint density at radius 2 is 1.44 bits per heavy atom. The standard InChI is InChI=1S/C10H16N2O4/c1-6(7(2)10(15)16)9(14)12-5-4-11-8(3)13/h4-5H2,1-3H3,(H,11,13)(H,12,14)(H,15,16). The van der Waals surface area contributed by atoms with E-state index in [0.717, 1.165) is 0 Å². The van der Waals surface area contributed by atoms with Gasteiger partial charge in [0, 0.05) is 31.2 Å². The molecule has 0 aromatic heterocycles. The minimum Gasteiger partial charge on any atom is -0.478 e. The van der Waals surface area contributed by atoms with Crippen molar-refractivity contribution in [3.05, 3.63) is 11.1 Å². The van der Waals surface area contributed by atoms with Gasteiger partial charge in [-0.1, -0.05) is 0 Å². The third-order valence-corrected chi connectivity index (χ3v) is 2.01. The van der Waals surface area contributed by atoms with E-state index in [2.05, 4.69) is 10.6 Å². The van der Waals surface area contributed by atoms with Crippen molar-refractivity contribution in [2.24, 2.45) is 0 Å². The topological polar surface area (TPSA) is 95.5 Å². The van der Waals surface area contributed by atoms with Crippen molar-refractivity contribution in [1.82, 2.24) is 10.6 Å². The van der Waals surface area contributed by atoms with Crippen molar-refractivity contribution in [3.63, 3.8) is 0 Å². The summed E-state index contributed by atoms with van der Waals surface area (Å²) in [6.07, 6.45) is 0. The van der Waals surface area contributed by atoms with Gasteiger partial charge in [-0.15, -0.1) is 0 Å². The smallest absolute Gasteiger partial charge is 0.331 e. The summed E-state index contributed by atoms with van der Waals surface area (Å²) in [6.45, 7) is 4.77. The summed E-state index contributed by atoms with van der Waals surface area (Å²) in [6, 6.07) is 0. The van der Waals surface area contributed by atoms with E-state index < -0.39 is 11.9 Å². The predicted molar refractivity (Wildman–Crippen MR) is 57.7 cm³/mol. The number of carboxylic acids is 1. The molecular weight excluding hydrogens is 212 g/mol. The van der Waals surface area contributed by atoms with E-state index in [1.807, 2.05) is 0 Å². The van der Waals surface area contributed by atoms with E-state index in [9.17, 15) is 14.4 Å². The first kappa shape index (κ1) is 14.2. The first-order chi connectivity index (χ1) is 7.36. The largest absolute Gasteiger partial charge is 0.478 e. The fourth-order valence-electron chi connectivity index (χ4n) is 0.878. The van der Waals surface area contributed by atoms with Crippen LogP contribution in [0.1, 0.15) is 20.8 Å². The number of hydrogen-bond donors (Lipinski definition) is 3. The van der Waals surface area contributed by atoms with Crippen LogP contribution in [0.4, 0.5) is 0 Å². The number of rotatable bonds is 5. The molecule has 0 heterocycles. The van der Waals surface area contributed by atoms with Gasteiger partial charge in [0.2, 0.25) is 11.8 Å². The van der Waals surface area contributed by atoms with Crippen LogP contribution in [0.15, 0.2) is 11.1 Å². The fourth-order valence-corrected chi connectivity index (χ4v) is 0.878. The maximum atomic E-state index is 11.4. The van der Waals surface area contributed by atoms with Gasteiger partial charge >= 0.3 is 5.97 Å². The molecule has 0 unspecified atom stereocenters. The minimum absolute atomic E-state index is 0.0111. The van der Waals surface area contributed by atoms with Crippen molar-refractivity contribution in [2.75, 3.05) is 13.1 Å². The van der Waals surface area contributed by atoms with Crippen LogP contribution in [0.2, 0.25) is 0 Å². The molecule has 0 spiro atoms. The molecular formula is C10H16N2O4. The van der Waals surface area contributed by atoms with Gasteiger partial charge in [-0.3, -0.25) is 9.59 Å². The highest BCUT2D eigenvalue weighted by Crippen LogP contribution is 2.02. The second-order valence-electron chi connectivity index (χ2n) is 3.29. The molecule has 0 rings (SSSR count). The lowest BCUT2D eigenvalue weighted by Crippen LogP contribution is -2.34. The summed E-state index contributed by atoms with van der Waals surface area (Å²) >= 11 is 0. The third-order valence-electron chi connectivity index (χ3n) is 2.01. The van der Waals surface area contributed by atoms with Gasteiger partial charge in [0.1, 0.15) is 0 Å². The second-order valence-corrected chi connectivity index (χ2v) is 3.29. The van der Waals surface area contributed by atoms with Gasteiger partial charge < -0.3 is 15.7 Å². The van der Waals surface area contributed by atoms with Crippen LogP contribution in [0, 0.1) is 0 Å². The Bertz CT molecular complexity index is 334. The SMILES string of the molecule is CC(=O)NCCNC(=O)C(C)=C(C)C(=O)O. The number of amides is 2. The molecule has 6 nitrogen and oxygen atoms in total. The van der Waals surface area contributed by atoms with Crippen molar-refractivity contribution in [1.29, 1.82) is 0 Å². The predicted octanol–water partition coefficient (Wildman–Crippen LogP) is -0.340. The summed E-state index contributed by atoms with van der Waals surface area (Å²) in [5.41, 5.74) is 0.173. The summed E-state index contributed by atoms with van der Waals surface area (Å²) in [7, 11) is 0. The molecule has 0 aliphatic heterocycles. The van der Waals surface area contributed by atoms with Crippen molar-refractivity contribution in [2.45, 2.75) is 20.8 Å². The van der Waals surface area contributed by atoms with Crippen LogP contribution < -0.4 is 10.6 Å². The van der Waals surface area contributed by atoms with Crippen LogP contribution in [0.25, 0.3) is 0 Å². The molecule has 0 aromatic carbocycles. The molecule has 0 bridgehead atoms. The van der Waals surface area contributed by atoms with Crippen molar-refractivity contribution in [3.8, 4) is 0 Å². The Kier molecular flexibility index (Phi) is 5.84. The molecule has 2 amide bonds. The van der Waals surface area contributed by atoms with E-state index in [-0.39, 0.29) is 23.6 Å². The lowest BCUT2D eigenvalue weighted by Gasteiger charge is -2.07. The second kappa shape index (κ2) is 6.60. The first-order valence-corrected chi connectivity index (χ1v) is 4.79.